The van der Waals surface area contributed by atoms with E-state index in [4.69, 9.17) is 0 Å². The molecule has 2 amide bonds. The minimum Gasteiger partial charge on any atom is -0.357 e. The summed E-state index contributed by atoms with van der Waals surface area (Å²) in [5.74, 6) is -0.790. The lowest BCUT2D eigenvalue weighted by atomic mass is 9.87. The Kier molecular flexibility index (Phi) is 9.33. The number of benzene rings is 3. The molecule has 38 heavy (non-hydrogen) atoms. The molecular formula is C30H37N3O4S. The Morgan fingerprint density at radius 1 is 0.842 bits per heavy atom. The number of nitrogens with one attached hydrogen (secondary N) is 1. The fourth-order valence-electron chi connectivity index (χ4n) is 4.24. The maximum absolute atomic E-state index is 13.9. The first kappa shape index (κ1) is 28.9. The van der Waals surface area contributed by atoms with Crippen molar-refractivity contribution in [2.24, 2.45) is 0 Å². The van der Waals surface area contributed by atoms with Crippen molar-refractivity contribution in [3.8, 4) is 0 Å². The number of amides is 2. The highest BCUT2D eigenvalue weighted by atomic mass is 32.2. The summed E-state index contributed by atoms with van der Waals surface area (Å²) in [4.78, 5) is 28.5. The first-order chi connectivity index (χ1) is 17.9. The van der Waals surface area contributed by atoms with E-state index in [1.54, 1.807) is 12.1 Å². The van der Waals surface area contributed by atoms with Crippen molar-refractivity contribution >= 4 is 27.5 Å². The summed E-state index contributed by atoms with van der Waals surface area (Å²) < 4.78 is 26.8. The van der Waals surface area contributed by atoms with Crippen molar-refractivity contribution in [3.05, 3.63) is 102 Å². The zero-order valence-corrected chi connectivity index (χ0v) is 23.5. The minimum atomic E-state index is -3.79. The SMILES string of the molecule is CNC(=O)[C@H](Cc1ccccc1)N(Cc1ccccc1)C(=O)CN(c1ccc(C(C)(C)C)cc1)S(C)(=O)=O. The van der Waals surface area contributed by atoms with Crippen LogP contribution in [-0.4, -0.2) is 51.0 Å². The Morgan fingerprint density at radius 3 is 1.84 bits per heavy atom. The Balaban J connectivity index is 2.00. The third kappa shape index (κ3) is 7.68. The van der Waals surface area contributed by atoms with Gasteiger partial charge in [0.2, 0.25) is 21.8 Å². The maximum atomic E-state index is 13.9. The molecule has 3 aromatic rings. The smallest absolute Gasteiger partial charge is 0.244 e. The molecule has 0 saturated heterocycles. The van der Waals surface area contributed by atoms with Crippen LogP contribution in [-0.2, 0) is 38.0 Å². The van der Waals surface area contributed by atoms with Crippen molar-refractivity contribution in [2.75, 3.05) is 24.2 Å². The third-order valence-electron chi connectivity index (χ3n) is 6.41. The zero-order valence-electron chi connectivity index (χ0n) is 22.7. The number of nitrogens with zero attached hydrogens (tertiary/aromatic N) is 2. The van der Waals surface area contributed by atoms with E-state index in [1.807, 2.05) is 72.8 Å². The molecule has 0 aliphatic heterocycles. The standard InChI is InChI=1S/C30H37N3O4S/c1-30(2,3)25-16-18-26(19-17-25)33(38(5,36)37)22-28(34)32(21-24-14-10-7-11-15-24)27(29(35)31-4)20-23-12-8-6-9-13-23/h6-19,27H,20-22H2,1-5H3,(H,31,35)/t27-/m0/s1. The topological polar surface area (TPSA) is 86.8 Å². The van der Waals surface area contributed by atoms with Gasteiger partial charge in [-0.3, -0.25) is 13.9 Å². The molecule has 1 N–H and O–H groups in total. The molecular weight excluding hydrogens is 498 g/mol. The summed E-state index contributed by atoms with van der Waals surface area (Å²) in [6.07, 6.45) is 1.37. The van der Waals surface area contributed by atoms with Gasteiger partial charge >= 0.3 is 0 Å². The Morgan fingerprint density at radius 2 is 1.37 bits per heavy atom. The minimum absolute atomic E-state index is 0.102. The maximum Gasteiger partial charge on any atom is 0.244 e. The number of hydrogen-bond acceptors (Lipinski definition) is 4. The first-order valence-electron chi connectivity index (χ1n) is 12.6. The molecule has 202 valence electrons. The predicted molar refractivity (Wildman–Crippen MR) is 152 cm³/mol. The lowest BCUT2D eigenvalue weighted by Gasteiger charge is -2.33. The fraction of sp³-hybridized carbons (Fsp3) is 0.333. The average molecular weight is 536 g/mol. The second-order valence-corrected chi connectivity index (χ2v) is 12.3. The molecule has 0 heterocycles. The van der Waals surface area contributed by atoms with Gasteiger partial charge < -0.3 is 10.2 Å². The molecule has 3 aromatic carbocycles. The van der Waals surface area contributed by atoms with Gasteiger partial charge in [-0.2, -0.15) is 0 Å². The highest BCUT2D eigenvalue weighted by Gasteiger charge is 2.32. The van der Waals surface area contributed by atoms with E-state index in [9.17, 15) is 18.0 Å². The summed E-state index contributed by atoms with van der Waals surface area (Å²) >= 11 is 0. The number of anilines is 1. The van der Waals surface area contributed by atoms with Crippen molar-refractivity contribution in [1.82, 2.24) is 10.2 Å². The van der Waals surface area contributed by atoms with Crippen LogP contribution in [0.1, 0.15) is 37.5 Å². The Labute approximate surface area is 226 Å². The lowest BCUT2D eigenvalue weighted by Crippen LogP contribution is -2.52. The molecule has 0 bridgehead atoms. The van der Waals surface area contributed by atoms with Crippen molar-refractivity contribution in [2.45, 2.75) is 45.2 Å². The monoisotopic (exact) mass is 535 g/mol. The predicted octanol–water partition coefficient (Wildman–Crippen LogP) is 4.14. The van der Waals surface area contributed by atoms with Crippen molar-refractivity contribution in [3.63, 3.8) is 0 Å². The van der Waals surface area contributed by atoms with Crippen molar-refractivity contribution in [1.29, 1.82) is 0 Å². The van der Waals surface area contributed by atoms with Crippen molar-refractivity contribution < 1.29 is 18.0 Å². The molecule has 0 spiro atoms. The van der Waals surface area contributed by atoms with E-state index in [-0.39, 0.29) is 24.3 Å². The molecule has 0 aliphatic rings. The van der Waals surface area contributed by atoms with E-state index < -0.39 is 28.5 Å². The van der Waals surface area contributed by atoms with Gasteiger partial charge in [-0.1, -0.05) is 93.6 Å². The summed E-state index contributed by atoms with van der Waals surface area (Å²) in [6.45, 7) is 5.96. The molecule has 0 unspecified atom stereocenters. The zero-order chi connectivity index (χ0) is 27.9. The Hall–Kier alpha value is -3.65. The Bertz CT molecular complexity index is 1320. The van der Waals surface area contributed by atoms with E-state index in [0.717, 1.165) is 27.3 Å². The van der Waals surface area contributed by atoms with Crippen LogP contribution in [0.5, 0.6) is 0 Å². The molecule has 8 heteroatoms. The number of carbonyl (C=O) groups excluding carboxylic acids is 2. The second kappa shape index (κ2) is 12.3. The van der Waals surface area contributed by atoms with E-state index in [2.05, 4.69) is 26.1 Å². The third-order valence-corrected chi connectivity index (χ3v) is 7.55. The number of sulfonamides is 1. The van der Waals surface area contributed by atoms with Crippen LogP contribution in [0.3, 0.4) is 0 Å². The largest absolute Gasteiger partial charge is 0.357 e. The van der Waals surface area contributed by atoms with Gasteiger partial charge in [0.25, 0.3) is 0 Å². The molecule has 0 saturated carbocycles. The van der Waals surface area contributed by atoms with E-state index in [1.165, 1.54) is 11.9 Å². The van der Waals surface area contributed by atoms with Gasteiger partial charge in [-0.05, 0) is 34.2 Å². The highest BCUT2D eigenvalue weighted by molar-refractivity contribution is 7.92. The number of hydrogen-bond donors (Lipinski definition) is 1. The summed E-state index contributed by atoms with van der Waals surface area (Å²) in [6, 6.07) is 25.2. The molecule has 1 atom stereocenters. The van der Waals surface area contributed by atoms with Gasteiger partial charge in [-0.15, -0.1) is 0 Å². The summed E-state index contributed by atoms with van der Waals surface area (Å²) in [7, 11) is -2.26. The van der Waals surface area contributed by atoms with Crippen LogP contribution in [0.4, 0.5) is 5.69 Å². The summed E-state index contributed by atoms with van der Waals surface area (Å²) in [5, 5.41) is 2.68. The van der Waals surface area contributed by atoms with Gasteiger partial charge in [0, 0.05) is 20.0 Å². The first-order valence-corrected chi connectivity index (χ1v) is 14.4. The van der Waals surface area contributed by atoms with Crippen LogP contribution >= 0.6 is 0 Å². The lowest BCUT2D eigenvalue weighted by molar-refractivity contribution is -0.139. The number of carbonyl (C=O) groups is 2. The van der Waals surface area contributed by atoms with Gasteiger partial charge in [0.1, 0.15) is 12.6 Å². The number of rotatable bonds is 10. The quantitative estimate of drug-likeness (QED) is 0.423. The average Bonchev–Trinajstić information content (AvgIpc) is 2.89. The summed E-state index contributed by atoms with van der Waals surface area (Å²) in [5.41, 5.74) is 3.07. The van der Waals surface area contributed by atoms with Crippen LogP contribution in [0.25, 0.3) is 0 Å². The molecule has 3 rings (SSSR count). The van der Waals surface area contributed by atoms with Gasteiger partial charge in [-0.25, -0.2) is 8.42 Å². The molecule has 0 aromatic heterocycles. The fourth-order valence-corrected chi connectivity index (χ4v) is 5.09. The molecule has 0 radical (unpaired) electrons. The van der Waals surface area contributed by atoms with Crippen LogP contribution in [0, 0.1) is 0 Å². The second-order valence-electron chi connectivity index (χ2n) is 10.4. The normalized spacial score (nSPS) is 12.4. The van der Waals surface area contributed by atoms with E-state index in [0.29, 0.717) is 5.69 Å². The molecule has 0 aliphatic carbocycles. The molecule has 7 nitrogen and oxygen atoms in total. The van der Waals surface area contributed by atoms with Crippen LogP contribution in [0.15, 0.2) is 84.9 Å². The van der Waals surface area contributed by atoms with Gasteiger partial charge in [0.05, 0.1) is 11.9 Å². The number of likely N-dealkylation sites (N-methyl/N-ethyl adjacent to an activating group) is 1. The van der Waals surface area contributed by atoms with Crippen LogP contribution in [0.2, 0.25) is 0 Å². The molecule has 0 fully saturated rings. The van der Waals surface area contributed by atoms with Crippen LogP contribution < -0.4 is 9.62 Å². The van der Waals surface area contributed by atoms with Gasteiger partial charge in [0.15, 0.2) is 0 Å². The van der Waals surface area contributed by atoms with E-state index >= 15 is 0 Å². The highest BCUT2D eigenvalue weighted by Crippen LogP contribution is 2.26.